The molecule has 0 saturated heterocycles. The van der Waals surface area contributed by atoms with Crippen LogP contribution in [0.5, 0.6) is 0 Å². The lowest BCUT2D eigenvalue weighted by atomic mass is 10.2. The van der Waals surface area contributed by atoms with Gasteiger partial charge in [0, 0.05) is 16.2 Å². The van der Waals surface area contributed by atoms with Crippen molar-refractivity contribution < 1.29 is 4.79 Å². The SMILES string of the molecule is CC(=O)Cc1sc(C)c(Cl)c1C. The van der Waals surface area contributed by atoms with Crippen LogP contribution in [-0.4, -0.2) is 5.78 Å². The largest absolute Gasteiger partial charge is 0.300 e. The quantitative estimate of drug-likeness (QED) is 0.720. The lowest BCUT2D eigenvalue weighted by molar-refractivity contribution is -0.116. The summed E-state index contributed by atoms with van der Waals surface area (Å²) in [6.07, 6.45) is 0.518. The van der Waals surface area contributed by atoms with E-state index in [1.807, 2.05) is 13.8 Å². The van der Waals surface area contributed by atoms with Gasteiger partial charge >= 0.3 is 0 Å². The zero-order valence-electron chi connectivity index (χ0n) is 7.40. The Morgan fingerprint density at radius 3 is 2.42 bits per heavy atom. The van der Waals surface area contributed by atoms with Crippen LogP contribution in [0.25, 0.3) is 0 Å². The second-order valence-corrected chi connectivity index (χ2v) is 4.59. The molecule has 0 spiro atoms. The average molecular weight is 203 g/mol. The maximum Gasteiger partial charge on any atom is 0.135 e. The van der Waals surface area contributed by atoms with Gasteiger partial charge < -0.3 is 0 Å². The van der Waals surface area contributed by atoms with Crippen LogP contribution >= 0.6 is 22.9 Å². The highest BCUT2D eigenvalue weighted by Crippen LogP contribution is 2.31. The summed E-state index contributed by atoms with van der Waals surface area (Å²) in [5.41, 5.74) is 1.06. The van der Waals surface area contributed by atoms with E-state index in [2.05, 4.69) is 0 Å². The Morgan fingerprint density at radius 1 is 1.50 bits per heavy atom. The lowest BCUT2D eigenvalue weighted by Crippen LogP contribution is -1.94. The Bertz CT molecular complexity index is 315. The van der Waals surface area contributed by atoms with E-state index >= 15 is 0 Å². The van der Waals surface area contributed by atoms with Crippen molar-refractivity contribution in [2.45, 2.75) is 27.2 Å². The number of hydrogen-bond donors (Lipinski definition) is 0. The van der Waals surface area contributed by atoms with Crippen molar-refractivity contribution in [2.24, 2.45) is 0 Å². The summed E-state index contributed by atoms with van der Waals surface area (Å²) in [5, 5.41) is 0.816. The molecule has 1 heterocycles. The minimum atomic E-state index is 0.191. The van der Waals surface area contributed by atoms with Gasteiger partial charge in [0.05, 0.1) is 5.02 Å². The highest BCUT2D eigenvalue weighted by atomic mass is 35.5. The molecule has 0 bridgehead atoms. The number of Topliss-reactive ketones (excluding diaryl/α,β-unsaturated/α-hetero) is 1. The van der Waals surface area contributed by atoms with Gasteiger partial charge in [-0.15, -0.1) is 11.3 Å². The second kappa shape index (κ2) is 3.58. The fourth-order valence-electron chi connectivity index (χ4n) is 1.09. The number of carbonyl (C=O) groups is 1. The number of hydrogen-bond acceptors (Lipinski definition) is 2. The Labute approximate surface area is 81.4 Å². The highest BCUT2D eigenvalue weighted by molar-refractivity contribution is 7.12. The molecule has 0 aliphatic carbocycles. The molecule has 1 aromatic heterocycles. The van der Waals surface area contributed by atoms with E-state index in [9.17, 15) is 4.79 Å². The van der Waals surface area contributed by atoms with E-state index in [0.29, 0.717) is 6.42 Å². The van der Waals surface area contributed by atoms with E-state index in [4.69, 9.17) is 11.6 Å². The van der Waals surface area contributed by atoms with Crippen LogP contribution in [0.4, 0.5) is 0 Å². The van der Waals surface area contributed by atoms with Crippen molar-refractivity contribution in [3.63, 3.8) is 0 Å². The fourth-order valence-corrected chi connectivity index (χ4v) is 2.52. The second-order valence-electron chi connectivity index (χ2n) is 2.90. The van der Waals surface area contributed by atoms with Crippen molar-refractivity contribution in [2.75, 3.05) is 0 Å². The fraction of sp³-hybridized carbons (Fsp3) is 0.444. The van der Waals surface area contributed by atoms with Crippen molar-refractivity contribution in [3.05, 3.63) is 20.3 Å². The van der Waals surface area contributed by atoms with E-state index in [-0.39, 0.29) is 5.78 Å². The van der Waals surface area contributed by atoms with Gasteiger partial charge in [-0.05, 0) is 26.3 Å². The summed E-state index contributed by atoms with van der Waals surface area (Å²) in [5.74, 6) is 0.191. The summed E-state index contributed by atoms with van der Waals surface area (Å²) >= 11 is 7.60. The monoisotopic (exact) mass is 202 g/mol. The van der Waals surface area contributed by atoms with E-state index in [0.717, 1.165) is 20.3 Å². The minimum absolute atomic E-state index is 0.191. The molecule has 0 amide bonds. The zero-order chi connectivity index (χ0) is 9.30. The third-order valence-electron chi connectivity index (χ3n) is 1.74. The first-order valence-electron chi connectivity index (χ1n) is 3.76. The molecule has 0 aliphatic heterocycles. The molecule has 0 aliphatic rings. The summed E-state index contributed by atoms with van der Waals surface area (Å²) in [6.45, 7) is 5.54. The van der Waals surface area contributed by atoms with Gasteiger partial charge in [0.2, 0.25) is 0 Å². The Balaban J connectivity index is 3.01. The molecule has 1 nitrogen and oxygen atoms in total. The maximum atomic E-state index is 10.8. The van der Waals surface area contributed by atoms with Crippen LogP contribution in [0.3, 0.4) is 0 Å². The van der Waals surface area contributed by atoms with Gasteiger partial charge in [-0.1, -0.05) is 11.6 Å². The first-order chi connectivity index (χ1) is 5.52. The van der Waals surface area contributed by atoms with Crippen LogP contribution in [0, 0.1) is 13.8 Å². The molecule has 0 aromatic carbocycles. The minimum Gasteiger partial charge on any atom is -0.300 e. The van der Waals surface area contributed by atoms with Crippen LogP contribution in [0.15, 0.2) is 0 Å². The molecular formula is C9H11ClOS. The molecule has 1 rings (SSSR count). The molecule has 0 N–H and O–H groups in total. The molecule has 0 atom stereocenters. The summed E-state index contributed by atoms with van der Waals surface area (Å²) in [7, 11) is 0. The molecule has 0 fully saturated rings. The van der Waals surface area contributed by atoms with Crippen molar-refractivity contribution in [3.8, 4) is 0 Å². The molecule has 0 radical (unpaired) electrons. The number of ketones is 1. The maximum absolute atomic E-state index is 10.8. The number of rotatable bonds is 2. The molecule has 12 heavy (non-hydrogen) atoms. The van der Waals surface area contributed by atoms with Gasteiger partial charge in [0.15, 0.2) is 0 Å². The Kier molecular flexibility index (Phi) is 2.91. The number of aryl methyl sites for hydroxylation is 1. The summed E-state index contributed by atoms with van der Waals surface area (Å²) in [4.78, 5) is 13.1. The number of halogens is 1. The van der Waals surface area contributed by atoms with Gasteiger partial charge in [0.25, 0.3) is 0 Å². The molecule has 3 heteroatoms. The molecule has 66 valence electrons. The predicted octanol–water partition coefficient (Wildman–Crippen LogP) is 3.15. The zero-order valence-corrected chi connectivity index (χ0v) is 8.97. The van der Waals surface area contributed by atoms with Crippen LogP contribution < -0.4 is 0 Å². The molecular weight excluding hydrogens is 192 g/mol. The first kappa shape index (κ1) is 9.75. The summed E-state index contributed by atoms with van der Waals surface area (Å²) in [6, 6.07) is 0. The first-order valence-corrected chi connectivity index (χ1v) is 4.95. The normalized spacial score (nSPS) is 10.3. The molecule has 0 saturated carbocycles. The van der Waals surface area contributed by atoms with E-state index in [1.165, 1.54) is 0 Å². The standard InChI is InChI=1S/C9H11ClOS/c1-5(11)4-8-6(2)9(10)7(3)12-8/h4H2,1-3H3. The number of carbonyl (C=O) groups excluding carboxylic acids is 1. The van der Waals surface area contributed by atoms with Crippen LogP contribution in [0.2, 0.25) is 5.02 Å². The van der Waals surface area contributed by atoms with Gasteiger partial charge in [-0.25, -0.2) is 0 Å². The predicted molar refractivity (Wildman–Crippen MR) is 53.2 cm³/mol. The third-order valence-corrected chi connectivity index (χ3v) is 3.63. The molecule has 1 aromatic rings. The van der Waals surface area contributed by atoms with Crippen molar-refractivity contribution in [1.82, 2.24) is 0 Å². The van der Waals surface area contributed by atoms with Gasteiger partial charge in [-0.2, -0.15) is 0 Å². The van der Waals surface area contributed by atoms with E-state index in [1.54, 1.807) is 18.3 Å². The highest BCUT2D eigenvalue weighted by Gasteiger charge is 2.10. The number of thiophene rings is 1. The van der Waals surface area contributed by atoms with Gasteiger partial charge in [-0.3, -0.25) is 4.79 Å². The summed E-state index contributed by atoms with van der Waals surface area (Å²) < 4.78 is 0. The third kappa shape index (κ3) is 1.87. The van der Waals surface area contributed by atoms with Crippen LogP contribution in [0.1, 0.15) is 22.2 Å². The van der Waals surface area contributed by atoms with Gasteiger partial charge in [0.1, 0.15) is 5.78 Å². The van der Waals surface area contributed by atoms with Crippen molar-refractivity contribution in [1.29, 1.82) is 0 Å². The lowest BCUT2D eigenvalue weighted by Gasteiger charge is -1.93. The Morgan fingerprint density at radius 2 is 2.08 bits per heavy atom. The molecule has 0 unspecified atom stereocenters. The average Bonchev–Trinajstić information content (AvgIpc) is 2.17. The Hall–Kier alpha value is -0.340. The topological polar surface area (TPSA) is 17.1 Å². The smallest absolute Gasteiger partial charge is 0.135 e. The van der Waals surface area contributed by atoms with Crippen molar-refractivity contribution >= 4 is 28.7 Å². The van der Waals surface area contributed by atoms with E-state index < -0.39 is 0 Å². The van der Waals surface area contributed by atoms with Crippen LogP contribution in [-0.2, 0) is 11.2 Å².